The minimum absolute atomic E-state index is 0.0464. The third-order valence-corrected chi connectivity index (χ3v) is 5.74. The van der Waals surface area contributed by atoms with Crippen molar-refractivity contribution in [3.63, 3.8) is 0 Å². The number of fused-ring (bicyclic) bond motifs is 1. The molecule has 4 rings (SSSR count). The van der Waals surface area contributed by atoms with E-state index in [9.17, 15) is 18.0 Å². The second kappa shape index (κ2) is 7.52. The van der Waals surface area contributed by atoms with Gasteiger partial charge in [0.25, 0.3) is 0 Å². The van der Waals surface area contributed by atoms with Crippen molar-refractivity contribution in [1.82, 2.24) is 25.1 Å². The number of piperidine rings is 1. The van der Waals surface area contributed by atoms with Crippen LogP contribution in [0.2, 0.25) is 0 Å². The maximum absolute atomic E-state index is 12.9. The molecule has 2 aliphatic rings. The van der Waals surface area contributed by atoms with Crippen molar-refractivity contribution in [2.75, 3.05) is 6.54 Å². The fourth-order valence-electron chi connectivity index (χ4n) is 4.41. The molecule has 1 saturated heterocycles. The Morgan fingerprint density at radius 1 is 1.14 bits per heavy atom. The van der Waals surface area contributed by atoms with Gasteiger partial charge in [0.1, 0.15) is 6.54 Å². The molecule has 1 aromatic heterocycles. The predicted molar refractivity (Wildman–Crippen MR) is 94.9 cm³/mol. The molecule has 0 N–H and O–H groups in total. The summed E-state index contributed by atoms with van der Waals surface area (Å²) in [4.78, 5) is 15.9. The highest BCUT2D eigenvalue weighted by Gasteiger charge is 2.36. The maximum Gasteiger partial charge on any atom is 0.416 e. The first kappa shape index (κ1) is 18.9. The first-order chi connectivity index (χ1) is 13.4. The standard InChI is InChI=1S/C19H22F3N5O/c20-19(21,22)15-8-3-6-14(11-15)18-23-25-27(24-18)12-17(28)26-10-4-7-13-5-1-2-9-16(13)26/h3,6,8,11,13,16H,1-2,4-5,7,9-10,12H2/t13-,16-/m1/s1. The van der Waals surface area contributed by atoms with Crippen LogP contribution in [0.1, 0.15) is 44.1 Å². The molecule has 2 atom stereocenters. The third kappa shape index (κ3) is 3.88. The Balaban J connectivity index is 1.47. The third-order valence-electron chi connectivity index (χ3n) is 5.74. The zero-order valence-corrected chi connectivity index (χ0v) is 15.4. The quantitative estimate of drug-likeness (QED) is 0.800. The highest BCUT2D eigenvalue weighted by atomic mass is 19.4. The number of carbonyl (C=O) groups excluding carboxylic acids is 1. The number of tetrazole rings is 1. The molecule has 1 amide bonds. The van der Waals surface area contributed by atoms with E-state index in [0.717, 1.165) is 37.9 Å². The van der Waals surface area contributed by atoms with Crippen LogP contribution >= 0.6 is 0 Å². The number of likely N-dealkylation sites (tertiary alicyclic amines) is 1. The van der Waals surface area contributed by atoms with E-state index in [1.165, 1.54) is 36.2 Å². The van der Waals surface area contributed by atoms with Gasteiger partial charge in [0.05, 0.1) is 5.56 Å². The molecule has 6 nitrogen and oxygen atoms in total. The van der Waals surface area contributed by atoms with Gasteiger partial charge in [0.15, 0.2) is 0 Å². The second-order valence-electron chi connectivity index (χ2n) is 7.56. The van der Waals surface area contributed by atoms with Gasteiger partial charge in [-0.1, -0.05) is 25.0 Å². The second-order valence-corrected chi connectivity index (χ2v) is 7.56. The summed E-state index contributed by atoms with van der Waals surface area (Å²) in [6.45, 7) is 0.699. The van der Waals surface area contributed by atoms with Gasteiger partial charge in [-0.15, -0.1) is 10.2 Å². The molecule has 0 spiro atoms. The summed E-state index contributed by atoms with van der Waals surface area (Å²) in [6.07, 6.45) is 2.34. The molecule has 9 heteroatoms. The van der Waals surface area contributed by atoms with Crippen LogP contribution in [-0.2, 0) is 17.5 Å². The van der Waals surface area contributed by atoms with Crippen molar-refractivity contribution in [1.29, 1.82) is 0 Å². The summed E-state index contributed by atoms with van der Waals surface area (Å²) in [7, 11) is 0. The lowest BCUT2D eigenvalue weighted by molar-refractivity contribution is -0.139. The molecule has 2 aromatic rings. The van der Waals surface area contributed by atoms with Crippen molar-refractivity contribution >= 4 is 5.91 Å². The van der Waals surface area contributed by atoms with Gasteiger partial charge in [0.2, 0.25) is 11.7 Å². The molecule has 2 heterocycles. The summed E-state index contributed by atoms with van der Waals surface area (Å²) in [6, 6.07) is 5.08. The molecule has 0 unspecified atom stereocenters. The summed E-state index contributed by atoms with van der Waals surface area (Å²) in [5, 5.41) is 11.8. The molecular formula is C19H22F3N5O. The van der Waals surface area contributed by atoms with Gasteiger partial charge in [-0.25, -0.2) is 0 Å². The number of carbonyl (C=O) groups is 1. The lowest BCUT2D eigenvalue weighted by Gasteiger charge is -2.44. The zero-order valence-electron chi connectivity index (χ0n) is 15.4. The van der Waals surface area contributed by atoms with Crippen LogP contribution < -0.4 is 0 Å². The zero-order chi connectivity index (χ0) is 19.7. The summed E-state index contributed by atoms with van der Waals surface area (Å²) >= 11 is 0. The average molecular weight is 393 g/mol. The lowest BCUT2D eigenvalue weighted by Crippen LogP contribution is -2.50. The van der Waals surface area contributed by atoms with E-state index >= 15 is 0 Å². The molecular weight excluding hydrogens is 371 g/mol. The first-order valence-corrected chi connectivity index (χ1v) is 9.67. The molecule has 1 aliphatic heterocycles. The summed E-state index contributed by atoms with van der Waals surface area (Å²) in [5.74, 6) is 0.605. The van der Waals surface area contributed by atoms with Crippen molar-refractivity contribution in [2.24, 2.45) is 5.92 Å². The van der Waals surface area contributed by atoms with Crippen LogP contribution in [0.25, 0.3) is 11.4 Å². The van der Waals surface area contributed by atoms with E-state index in [1.807, 2.05) is 4.90 Å². The van der Waals surface area contributed by atoms with Crippen LogP contribution in [0.5, 0.6) is 0 Å². The average Bonchev–Trinajstić information content (AvgIpc) is 3.15. The molecule has 2 fully saturated rings. The summed E-state index contributed by atoms with van der Waals surface area (Å²) in [5.41, 5.74) is -0.548. The van der Waals surface area contributed by atoms with Crippen LogP contribution in [0.4, 0.5) is 13.2 Å². The van der Waals surface area contributed by atoms with E-state index < -0.39 is 11.7 Å². The van der Waals surface area contributed by atoms with Gasteiger partial charge in [0, 0.05) is 18.2 Å². The van der Waals surface area contributed by atoms with E-state index in [2.05, 4.69) is 15.4 Å². The van der Waals surface area contributed by atoms with E-state index in [0.29, 0.717) is 12.0 Å². The van der Waals surface area contributed by atoms with Crippen molar-refractivity contribution in [2.45, 2.75) is 57.3 Å². The van der Waals surface area contributed by atoms with Crippen LogP contribution in [-0.4, -0.2) is 43.6 Å². The van der Waals surface area contributed by atoms with Crippen LogP contribution in [0.3, 0.4) is 0 Å². The monoisotopic (exact) mass is 393 g/mol. The number of benzene rings is 1. The van der Waals surface area contributed by atoms with Gasteiger partial charge in [-0.05, 0) is 48.9 Å². The molecule has 150 valence electrons. The predicted octanol–water partition coefficient (Wildman–Crippen LogP) is 3.54. The van der Waals surface area contributed by atoms with E-state index in [4.69, 9.17) is 0 Å². The topological polar surface area (TPSA) is 63.9 Å². The van der Waals surface area contributed by atoms with Crippen LogP contribution in [0, 0.1) is 5.92 Å². The Hall–Kier alpha value is -2.45. The molecule has 0 radical (unpaired) electrons. The number of amides is 1. The Bertz CT molecular complexity index is 848. The van der Waals surface area contributed by atoms with Gasteiger partial charge in [-0.3, -0.25) is 4.79 Å². The maximum atomic E-state index is 12.9. The number of nitrogens with zero attached hydrogens (tertiary/aromatic N) is 5. The number of halogens is 3. The number of alkyl halides is 3. The fourth-order valence-corrected chi connectivity index (χ4v) is 4.41. The van der Waals surface area contributed by atoms with E-state index in [-0.39, 0.29) is 23.8 Å². The lowest BCUT2D eigenvalue weighted by atomic mass is 9.78. The van der Waals surface area contributed by atoms with E-state index in [1.54, 1.807) is 0 Å². The van der Waals surface area contributed by atoms with Gasteiger partial charge < -0.3 is 4.90 Å². The molecule has 0 bridgehead atoms. The van der Waals surface area contributed by atoms with Crippen molar-refractivity contribution in [3.05, 3.63) is 29.8 Å². The Kier molecular flexibility index (Phi) is 5.07. The fraction of sp³-hybridized carbons (Fsp3) is 0.579. The number of hydrogen-bond acceptors (Lipinski definition) is 4. The number of hydrogen-bond donors (Lipinski definition) is 0. The first-order valence-electron chi connectivity index (χ1n) is 9.67. The number of aromatic nitrogens is 4. The normalized spacial score (nSPS) is 22.8. The molecule has 28 heavy (non-hydrogen) atoms. The largest absolute Gasteiger partial charge is 0.416 e. The molecule has 1 aromatic carbocycles. The minimum Gasteiger partial charge on any atom is -0.338 e. The Labute approximate surface area is 160 Å². The van der Waals surface area contributed by atoms with Gasteiger partial charge in [-0.2, -0.15) is 18.0 Å². The smallest absolute Gasteiger partial charge is 0.338 e. The van der Waals surface area contributed by atoms with Gasteiger partial charge >= 0.3 is 6.18 Å². The molecule has 1 aliphatic carbocycles. The highest BCUT2D eigenvalue weighted by Crippen LogP contribution is 2.35. The Morgan fingerprint density at radius 3 is 2.75 bits per heavy atom. The van der Waals surface area contributed by atoms with Crippen molar-refractivity contribution in [3.8, 4) is 11.4 Å². The summed E-state index contributed by atoms with van der Waals surface area (Å²) < 4.78 is 38.7. The molecule has 1 saturated carbocycles. The highest BCUT2D eigenvalue weighted by molar-refractivity contribution is 5.76. The Morgan fingerprint density at radius 2 is 1.93 bits per heavy atom. The number of rotatable bonds is 3. The SMILES string of the molecule is O=C(Cn1nnc(-c2cccc(C(F)(F)F)c2)n1)N1CCC[C@H]2CCCC[C@H]21. The van der Waals surface area contributed by atoms with Crippen molar-refractivity contribution < 1.29 is 18.0 Å². The van der Waals surface area contributed by atoms with Crippen LogP contribution in [0.15, 0.2) is 24.3 Å². The minimum atomic E-state index is -4.44.